The van der Waals surface area contributed by atoms with Gasteiger partial charge in [-0.2, -0.15) is 0 Å². The summed E-state index contributed by atoms with van der Waals surface area (Å²) in [4.78, 5) is 5.02. The molecule has 4 heteroatoms. The highest BCUT2D eigenvalue weighted by Crippen LogP contribution is 2.35. The Morgan fingerprint density at radius 1 is 1.04 bits per heavy atom. The van der Waals surface area contributed by atoms with Crippen molar-refractivity contribution in [2.75, 3.05) is 31.1 Å². The quantitative estimate of drug-likeness (QED) is 0.737. The highest BCUT2D eigenvalue weighted by molar-refractivity contribution is 5.60. The Labute approximate surface area is 160 Å². The maximum atomic E-state index is 13.7. The number of piperidine rings is 1. The monoisotopic (exact) mass is 370 g/mol. The Hall–Kier alpha value is -1.94. The number of fused-ring (bicyclic) bond motifs is 1. The molecule has 0 radical (unpaired) electrons. The minimum Gasteiger partial charge on any atom is -0.368 e. The third-order valence-electron chi connectivity index (χ3n) is 6.13. The molecule has 0 bridgehead atoms. The lowest BCUT2D eigenvalue weighted by molar-refractivity contribution is 0.212. The van der Waals surface area contributed by atoms with Gasteiger partial charge in [0.25, 0.3) is 0 Å². The number of likely N-dealkylation sites (tertiary alicyclic amines) is 1. The van der Waals surface area contributed by atoms with Gasteiger partial charge < -0.3 is 9.80 Å². The number of benzene rings is 2. The van der Waals surface area contributed by atoms with Gasteiger partial charge in [-0.15, -0.1) is 0 Å². The van der Waals surface area contributed by atoms with Gasteiger partial charge in [0, 0.05) is 37.9 Å². The second-order valence-corrected chi connectivity index (χ2v) is 7.90. The molecule has 0 amide bonds. The number of nitrogens with zero attached hydrogens (tertiary/aromatic N) is 2. The molecule has 2 aromatic rings. The number of halogens is 2. The van der Waals surface area contributed by atoms with Crippen LogP contribution in [0.25, 0.3) is 0 Å². The van der Waals surface area contributed by atoms with Crippen LogP contribution in [-0.4, -0.2) is 37.1 Å². The summed E-state index contributed by atoms with van der Waals surface area (Å²) in [5.74, 6) is -0.171. The molecule has 2 nitrogen and oxygen atoms in total. The van der Waals surface area contributed by atoms with Crippen LogP contribution in [0.5, 0.6) is 0 Å². The van der Waals surface area contributed by atoms with Crippen molar-refractivity contribution in [3.8, 4) is 0 Å². The van der Waals surface area contributed by atoms with Gasteiger partial charge in [-0.3, -0.25) is 0 Å². The fourth-order valence-corrected chi connectivity index (χ4v) is 4.44. The molecule has 2 aromatic carbocycles. The lowest BCUT2D eigenvalue weighted by Crippen LogP contribution is -2.45. The first kappa shape index (κ1) is 18.4. The summed E-state index contributed by atoms with van der Waals surface area (Å²) in [6, 6.07) is 13.5. The van der Waals surface area contributed by atoms with Gasteiger partial charge in [-0.25, -0.2) is 8.78 Å². The molecule has 0 N–H and O–H groups in total. The molecule has 1 atom stereocenters. The normalized spacial score (nSPS) is 19.3. The fourth-order valence-electron chi connectivity index (χ4n) is 4.44. The van der Waals surface area contributed by atoms with E-state index in [1.54, 1.807) is 19.1 Å². The Bertz CT molecular complexity index is 764. The standard InChI is InChI=1S/C23H28F2N2/c1-17(24)20-5-4-19-9-15-27(23(19)16-20)22-10-13-26(14-11-22)12-8-18-2-6-21(25)7-3-18/h2-7,16-17,22H,8-15H2,1H3. The summed E-state index contributed by atoms with van der Waals surface area (Å²) in [6.45, 7) is 5.88. The van der Waals surface area contributed by atoms with Crippen LogP contribution in [0.4, 0.5) is 14.5 Å². The van der Waals surface area contributed by atoms with Crippen LogP contribution < -0.4 is 4.90 Å². The van der Waals surface area contributed by atoms with Crippen LogP contribution in [0.3, 0.4) is 0 Å². The zero-order valence-corrected chi connectivity index (χ0v) is 16.0. The van der Waals surface area contributed by atoms with Gasteiger partial charge in [0.15, 0.2) is 0 Å². The molecule has 2 aliphatic heterocycles. The molecule has 0 spiro atoms. The van der Waals surface area contributed by atoms with E-state index in [1.165, 1.54) is 16.8 Å². The number of hydrogen-bond acceptors (Lipinski definition) is 2. The van der Waals surface area contributed by atoms with Crippen molar-refractivity contribution in [3.05, 3.63) is 65.0 Å². The van der Waals surface area contributed by atoms with Crippen LogP contribution in [-0.2, 0) is 12.8 Å². The van der Waals surface area contributed by atoms with Crippen molar-refractivity contribution in [1.29, 1.82) is 0 Å². The summed E-state index contributed by atoms with van der Waals surface area (Å²) in [5.41, 5.74) is 4.59. The first-order valence-electron chi connectivity index (χ1n) is 10.1. The third kappa shape index (κ3) is 4.16. The van der Waals surface area contributed by atoms with E-state index >= 15 is 0 Å². The van der Waals surface area contributed by atoms with Crippen molar-refractivity contribution in [1.82, 2.24) is 4.90 Å². The van der Waals surface area contributed by atoms with E-state index in [-0.39, 0.29) is 5.82 Å². The van der Waals surface area contributed by atoms with Gasteiger partial charge in [-0.05, 0) is 67.5 Å². The summed E-state index contributed by atoms with van der Waals surface area (Å²) < 4.78 is 26.7. The largest absolute Gasteiger partial charge is 0.368 e. The van der Waals surface area contributed by atoms with E-state index in [4.69, 9.17) is 0 Å². The molecule has 0 aromatic heterocycles. The number of hydrogen-bond donors (Lipinski definition) is 0. The van der Waals surface area contributed by atoms with Gasteiger partial charge >= 0.3 is 0 Å². The summed E-state index contributed by atoms with van der Waals surface area (Å²) >= 11 is 0. The van der Waals surface area contributed by atoms with E-state index in [2.05, 4.69) is 21.9 Å². The van der Waals surface area contributed by atoms with E-state index in [1.807, 2.05) is 18.2 Å². The summed E-state index contributed by atoms with van der Waals surface area (Å²) in [5, 5.41) is 0. The molecule has 1 unspecified atom stereocenters. The van der Waals surface area contributed by atoms with Gasteiger partial charge in [-0.1, -0.05) is 24.3 Å². The molecule has 4 rings (SSSR count). The van der Waals surface area contributed by atoms with Gasteiger partial charge in [0.05, 0.1) is 0 Å². The van der Waals surface area contributed by atoms with E-state index in [9.17, 15) is 8.78 Å². The Morgan fingerprint density at radius 3 is 2.48 bits per heavy atom. The Morgan fingerprint density at radius 2 is 1.78 bits per heavy atom. The van der Waals surface area contributed by atoms with E-state index in [0.717, 1.165) is 57.4 Å². The van der Waals surface area contributed by atoms with Crippen LogP contribution in [0.2, 0.25) is 0 Å². The molecule has 27 heavy (non-hydrogen) atoms. The first-order valence-corrected chi connectivity index (χ1v) is 10.1. The fraction of sp³-hybridized carbons (Fsp3) is 0.478. The molecule has 2 heterocycles. The third-order valence-corrected chi connectivity index (χ3v) is 6.13. The van der Waals surface area contributed by atoms with Crippen LogP contribution in [0.1, 0.15) is 42.6 Å². The van der Waals surface area contributed by atoms with E-state index < -0.39 is 6.17 Å². The minimum absolute atomic E-state index is 0.171. The zero-order valence-electron chi connectivity index (χ0n) is 16.0. The van der Waals surface area contributed by atoms with E-state index in [0.29, 0.717) is 6.04 Å². The summed E-state index contributed by atoms with van der Waals surface area (Å²) in [7, 11) is 0. The van der Waals surface area contributed by atoms with Crippen LogP contribution in [0.15, 0.2) is 42.5 Å². The highest BCUT2D eigenvalue weighted by atomic mass is 19.1. The number of anilines is 1. The first-order chi connectivity index (χ1) is 13.1. The minimum atomic E-state index is -0.911. The van der Waals surface area contributed by atoms with Crippen LogP contribution in [0, 0.1) is 5.82 Å². The number of rotatable bonds is 5. The molecule has 144 valence electrons. The maximum absolute atomic E-state index is 13.7. The lowest BCUT2D eigenvalue weighted by Gasteiger charge is -2.38. The molecular weight excluding hydrogens is 342 g/mol. The molecular formula is C23H28F2N2. The van der Waals surface area contributed by atoms with Crippen molar-refractivity contribution in [2.45, 2.75) is 44.8 Å². The predicted molar refractivity (Wildman–Crippen MR) is 107 cm³/mol. The topological polar surface area (TPSA) is 6.48 Å². The van der Waals surface area contributed by atoms with Crippen molar-refractivity contribution in [3.63, 3.8) is 0 Å². The molecule has 1 fully saturated rings. The average molecular weight is 370 g/mol. The molecule has 0 saturated carbocycles. The predicted octanol–water partition coefficient (Wildman–Crippen LogP) is 4.93. The lowest BCUT2D eigenvalue weighted by atomic mass is 10.0. The second-order valence-electron chi connectivity index (χ2n) is 7.90. The van der Waals surface area contributed by atoms with Gasteiger partial charge in [0.1, 0.15) is 12.0 Å². The van der Waals surface area contributed by atoms with Crippen LogP contribution >= 0.6 is 0 Å². The second kappa shape index (κ2) is 7.97. The van der Waals surface area contributed by atoms with Crippen molar-refractivity contribution >= 4 is 5.69 Å². The van der Waals surface area contributed by atoms with Crippen molar-refractivity contribution in [2.24, 2.45) is 0 Å². The zero-order chi connectivity index (χ0) is 18.8. The number of alkyl halides is 1. The average Bonchev–Trinajstić information content (AvgIpc) is 3.11. The molecule has 2 aliphatic rings. The SMILES string of the molecule is CC(F)c1ccc2c(c1)N(C1CCN(CCc3ccc(F)cc3)CC1)CC2. The molecule has 0 aliphatic carbocycles. The summed E-state index contributed by atoms with van der Waals surface area (Å²) in [6.07, 6.45) is 3.43. The Kier molecular flexibility index (Phi) is 5.44. The maximum Gasteiger partial charge on any atom is 0.123 e. The van der Waals surface area contributed by atoms with Gasteiger partial charge in [0.2, 0.25) is 0 Å². The van der Waals surface area contributed by atoms with Crippen molar-refractivity contribution < 1.29 is 8.78 Å². The Balaban J connectivity index is 1.32. The smallest absolute Gasteiger partial charge is 0.123 e. The highest BCUT2D eigenvalue weighted by Gasteiger charge is 2.29. The molecule has 1 saturated heterocycles.